The van der Waals surface area contributed by atoms with Crippen LogP contribution in [-0.4, -0.2) is 26.0 Å². The molecule has 2 aromatic carbocycles. The van der Waals surface area contributed by atoms with Gasteiger partial charge < -0.3 is 4.74 Å². The van der Waals surface area contributed by atoms with E-state index in [2.05, 4.69) is 20.8 Å². The Labute approximate surface area is 196 Å². The third-order valence-electron chi connectivity index (χ3n) is 5.26. The summed E-state index contributed by atoms with van der Waals surface area (Å²) in [5, 5.41) is 5.99. The second kappa shape index (κ2) is 8.94. The van der Waals surface area contributed by atoms with E-state index in [4.69, 9.17) is 9.84 Å². The molecular weight excluding hydrogens is 436 g/mol. The van der Waals surface area contributed by atoms with Crippen LogP contribution in [0.2, 0.25) is 0 Å². The average Bonchev–Trinajstić information content (AvgIpc) is 3.13. The van der Waals surface area contributed by atoms with Crippen LogP contribution in [0.1, 0.15) is 26.3 Å². The molecule has 4 rings (SSSR count). The Hall–Kier alpha value is -3.26. The van der Waals surface area contributed by atoms with Gasteiger partial charge in [-0.3, -0.25) is 18.6 Å². The molecule has 0 radical (unpaired) electrons. The van der Waals surface area contributed by atoms with Gasteiger partial charge in [-0.05, 0) is 35.2 Å². The zero-order valence-electron chi connectivity index (χ0n) is 19.5. The fourth-order valence-electron chi connectivity index (χ4n) is 3.67. The summed E-state index contributed by atoms with van der Waals surface area (Å²) in [6.45, 7) is 7.09. The molecule has 0 unspecified atom stereocenters. The number of aromatic nitrogens is 4. The van der Waals surface area contributed by atoms with Crippen molar-refractivity contribution in [1.82, 2.24) is 18.9 Å². The molecule has 2 aromatic heterocycles. The van der Waals surface area contributed by atoms with Gasteiger partial charge in [0.1, 0.15) is 16.2 Å². The molecule has 0 bridgehead atoms. The van der Waals surface area contributed by atoms with E-state index >= 15 is 0 Å². The van der Waals surface area contributed by atoms with Crippen LogP contribution in [0.3, 0.4) is 0 Å². The molecule has 0 spiro atoms. The molecule has 0 aliphatic rings. The monoisotopic (exact) mass is 464 g/mol. The van der Waals surface area contributed by atoms with Crippen LogP contribution in [0, 0.1) is 5.41 Å². The first-order valence-electron chi connectivity index (χ1n) is 10.7. The highest BCUT2D eigenvalue weighted by atomic mass is 32.2. The molecule has 33 heavy (non-hydrogen) atoms. The van der Waals surface area contributed by atoms with Crippen LogP contribution < -0.4 is 16.0 Å². The Morgan fingerprint density at radius 3 is 2.27 bits per heavy atom. The maximum Gasteiger partial charge on any atom is 0.332 e. The summed E-state index contributed by atoms with van der Waals surface area (Å²) >= 11 is 1.48. The summed E-state index contributed by atoms with van der Waals surface area (Å²) in [6, 6.07) is 17.6. The number of hydrogen-bond acceptors (Lipinski definition) is 5. The lowest BCUT2D eigenvalue weighted by Gasteiger charge is -2.20. The highest BCUT2D eigenvalue weighted by Crippen LogP contribution is 2.33. The van der Waals surface area contributed by atoms with Gasteiger partial charge in [0.15, 0.2) is 5.65 Å². The molecule has 0 saturated heterocycles. The molecule has 7 nitrogen and oxygen atoms in total. The number of hydrogen-bond donors (Lipinski definition) is 0. The average molecular weight is 465 g/mol. The van der Waals surface area contributed by atoms with Crippen molar-refractivity contribution in [2.45, 2.75) is 43.8 Å². The van der Waals surface area contributed by atoms with Gasteiger partial charge in [0.25, 0.3) is 5.56 Å². The lowest BCUT2D eigenvalue weighted by atomic mass is 9.97. The van der Waals surface area contributed by atoms with Gasteiger partial charge in [0.2, 0.25) is 0 Å². The summed E-state index contributed by atoms with van der Waals surface area (Å²) < 4.78 is 9.89. The molecule has 4 aromatic rings. The van der Waals surface area contributed by atoms with Crippen LogP contribution in [0.25, 0.3) is 11.0 Å². The van der Waals surface area contributed by atoms with E-state index in [1.165, 1.54) is 23.4 Å². The Bertz CT molecular complexity index is 1390. The van der Waals surface area contributed by atoms with E-state index in [1.54, 1.807) is 11.7 Å². The fraction of sp³-hybridized carbons (Fsp3) is 0.320. The minimum atomic E-state index is -0.354. The van der Waals surface area contributed by atoms with Crippen molar-refractivity contribution >= 4 is 22.8 Å². The third kappa shape index (κ3) is 4.75. The van der Waals surface area contributed by atoms with Crippen molar-refractivity contribution in [3.63, 3.8) is 0 Å². The molecule has 0 N–H and O–H groups in total. The third-order valence-corrected chi connectivity index (χ3v) is 6.38. The highest BCUT2D eigenvalue weighted by molar-refractivity contribution is 7.99. The smallest absolute Gasteiger partial charge is 0.332 e. The molecule has 0 fully saturated rings. The molecule has 0 saturated carbocycles. The topological polar surface area (TPSA) is 71.1 Å². The normalized spacial score (nSPS) is 11.8. The molecule has 0 aliphatic carbocycles. The minimum Gasteiger partial charge on any atom is -0.497 e. The maximum absolute atomic E-state index is 13.3. The van der Waals surface area contributed by atoms with Gasteiger partial charge in [-0.2, -0.15) is 5.10 Å². The van der Waals surface area contributed by atoms with E-state index in [1.807, 2.05) is 59.3 Å². The van der Waals surface area contributed by atoms with Gasteiger partial charge in [-0.15, -0.1) is 0 Å². The van der Waals surface area contributed by atoms with Gasteiger partial charge in [0, 0.05) is 18.5 Å². The van der Waals surface area contributed by atoms with E-state index in [0.29, 0.717) is 24.1 Å². The number of methoxy groups -OCH3 is 1. The standard InChI is InChI=1S/C25H28N4O3S/c1-25(2,3)16-28-21-20(22(30)27(4)24(28)31)23(33-19-9-7-6-8-10-19)29(26-21)15-17-11-13-18(32-5)14-12-17/h6-14H,15-16H2,1-5H3. The number of ether oxygens (including phenoxy) is 1. The molecule has 0 aliphatic heterocycles. The zero-order valence-corrected chi connectivity index (χ0v) is 20.3. The molecule has 172 valence electrons. The summed E-state index contributed by atoms with van der Waals surface area (Å²) in [4.78, 5) is 27.3. The fourth-order valence-corrected chi connectivity index (χ4v) is 4.68. The van der Waals surface area contributed by atoms with E-state index in [9.17, 15) is 9.59 Å². The van der Waals surface area contributed by atoms with Crippen LogP contribution in [0.5, 0.6) is 5.75 Å². The second-order valence-corrected chi connectivity index (χ2v) is 10.3. The van der Waals surface area contributed by atoms with Gasteiger partial charge in [0.05, 0.1) is 13.7 Å². The molecular formula is C25H28N4O3S. The van der Waals surface area contributed by atoms with Crippen molar-refractivity contribution in [1.29, 1.82) is 0 Å². The maximum atomic E-state index is 13.3. The van der Waals surface area contributed by atoms with Gasteiger partial charge >= 0.3 is 5.69 Å². The number of rotatable bonds is 6. The first kappa shape index (κ1) is 22.9. The SMILES string of the molecule is COc1ccc(Cn2nc3c(c2Sc2ccccc2)c(=O)n(C)c(=O)n3CC(C)(C)C)cc1. The Balaban J connectivity index is 1.95. The van der Waals surface area contributed by atoms with Crippen LogP contribution in [0.15, 0.2) is 74.1 Å². The number of fused-ring (bicyclic) bond motifs is 1. The molecule has 0 amide bonds. The van der Waals surface area contributed by atoms with E-state index in [0.717, 1.165) is 21.2 Å². The van der Waals surface area contributed by atoms with Gasteiger partial charge in [-0.1, -0.05) is 62.9 Å². The lowest BCUT2D eigenvalue weighted by molar-refractivity contribution is 0.337. The molecule has 2 heterocycles. The predicted molar refractivity (Wildman–Crippen MR) is 131 cm³/mol. The van der Waals surface area contributed by atoms with Crippen molar-refractivity contribution < 1.29 is 4.74 Å². The number of benzene rings is 2. The number of nitrogens with zero attached hydrogens (tertiary/aromatic N) is 4. The second-order valence-electron chi connectivity index (χ2n) is 9.22. The molecule has 8 heteroatoms. The van der Waals surface area contributed by atoms with Crippen molar-refractivity contribution in [2.24, 2.45) is 12.5 Å². The van der Waals surface area contributed by atoms with Crippen LogP contribution in [-0.2, 0) is 20.1 Å². The van der Waals surface area contributed by atoms with E-state index in [-0.39, 0.29) is 16.7 Å². The first-order chi connectivity index (χ1) is 15.7. The quantitative estimate of drug-likeness (QED) is 0.429. The van der Waals surface area contributed by atoms with Crippen LogP contribution in [0.4, 0.5) is 0 Å². The van der Waals surface area contributed by atoms with E-state index < -0.39 is 0 Å². The van der Waals surface area contributed by atoms with Crippen molar-refractivity contribution in [3.05, 3.63) is 81.0 Å². The van der Waals surface area contributed by atoms with Crippen molar-refractivity contribution in [2.75, 3.05) is 7.11 Å². The predicted octanol–water partition coefficient (Wildman–Crippen LogP) is 4.15. The zero-order chi connectivity index (χ0) is 23.8. The lowest BCUT2D eigenvalue weighted by Crippen LogP contribution is -2.40. The first-order valence-corrected chi connectivity index (χ1v) is 11.6. The Morgan fingerprint density at radius 2 is 1.67 bits per heavy atom. The minimum absolute atomic E-state index is 0.166. The van der Waals surface area contributed by atoms with Crippen LogP contribution >= 0.6 is 11.8 Å². The van der Waals surface area contributed by atoms with Crippen molar-refractivity contribution in [3.8, 4) is 5.75 Å². The summed E-state index contributed by atoms with van der Waals surface area (Å²) in [5.74, 6) is 0.774. The summed E-state index contributed by atoms with van der Waals surface area (Å²) in [5.41, 5.74) is 0.582. The van der Waals surface area contributed by atoms with Gasteiger partial charge in [-0.25, -0.2) is 4.79 Å². The Morgan fingerprint density at radius 1 is 1.00 bits per heavy atom. The highest BCUT2D eigenvalue weighted by Gasteiger charge is 2.24. The summed E-state index contributed by atoms with van der Waals surface area (Å²) in [7, 11) is 3.16. The molecule has 0 atom stereocenters. The Kier molecular flexibility index (Phi) is 6.21. The summed E-state index contributed by atoms with van der Waals surface area (Å²) in [6.07, 6.45) is 0. The largest absolute Gasteiger partial charge is 0.497 e.